The summed E-state index contributed by atoms with van der Waals surface area (Å²) in [6.45, 7) is 2.09. The Hall–Kier alpha value is -4.56. The first-order chi connectivity index (χ1) is 18.4. The number of aryl methyl sites for hydroxylation is 1. The number of benzene rings is 2. The van der Waals surface area contributed by atoms with Gasteiger partial charge < -0.3 is 15.5 Å². The zero-order valence-electron chi connectivity index (χ0n) is 20.5. The van der Waals surface area contributed by atoms with Crippen LogP contribution in [0.1, 0.15) is 37.4 Å². The van der Waals surface area contributed by atoms with Crippen molar-refractivity contribution in [3.05, 3.63) is 118 Å². The molecule has 190 valence electrons. The number of carbonyl (C=O) groups excluding carboxylic acids is 3. The molecule has 0 saturated heterocycles. The summed E-state index contributed by atoms with van der Waals surface area (Å²) >= 11 is 6.14. The van der Waals surface area contributed by atoms with Crippen LogP contribution in [0.2, 0.25) is 5.02 Å². The highest BCUT2D eigenvalue weighted by Gasteiger charge is 2.35. The Balaban J connectivity index is 1.41. The van der Waals surface area contributed by atoms with Crippen molar-refractivity contribution >= 4 is 40.8 Å². The third-order valence-corrected chi connectivity index (χ3v) is 6.52. The minimum Gasteiger partial charge on any atom is -0.323 e. The lowest BCUT2D eigenvalue weighted by molar-refractivity contribution is -0.120. The van der Waals surface area contributed by atoms with E-state index in [-0.39, 0.29) is 30.7 Å². The van der Waals surface area contributed by atoms with Gasteiger partial charge in [0.1, 0.15) is 11.9 Å². The second-order valence-electron chi connectivity index (χ2n) is 9.06. The molecule has 0 fully saturated rings. The summed E-state index contributed by atoms with van der Waals surface area (Å²) in [6, 6.07) is 18.3. The van der Waals surface area contributed by atoms with Gasteiger partial charge in [-0.1, -0.05) is 29.8 Å². The molecule has 0 radical (unpaired) electrons. The molecule has 0 spiro atoms. The summed E-state index contributed by atoms with van der Waals surface area (Å²) in [6.07, 6.45) is 5.26. The second-order valence-corrected chi connectivity index (χ2v) is 9.50. The van der Waals surface area contributed by atoms with E-state index in [9.17, 15) is 14.4 Å². The smallest absolute Gasteiger partial charge is 0.256 e. The van der Waals surface area contributed by atoms with Crippen LogP contribution in [0.5, 0.6) is 0 Å². The average Bonchev–Trinajstić information content (AvgIpc) is 2.99. The second kappa shape index (κ2) is 10.8. The predicted octanol–water partition coefficient (Wildman–Crippen LogP) is 4.90. The third kappa shape index (κ3) is 5.55. The fourth-order valence-electron chi connectivity index (χ4n) is 4.34. The number of nitrogens with one attached hydrogen (secondary N) is 2. The number of nitrogens with zero attached hydrogens (tertiary/aromatic N) is 3. The normalized spacial score (nSPS) is 14.9. The molecule has 1 unspecified atom stereocenters. The molecule has 38 heavy (non-hydrogen) atoms. The van der Waals surface area contributed by atoms with Gasteiger partial charge in [-0.3, -0.25) is 19.4 Å². The van der Waals surface area contributed by atoms with Crippen LogP contribution >= 0.6 is 11.6 Å². The first-order valence-electron chi connectivity index (χ1n) is 12.0. The number of rotatable bonds is 6. The van der Waals surface area contributed by atoms with Crippen molar-refractivity contribution in [3.63, 3.8) is 0 Å². The SMILES string of the molecule is Cc1ccnc(NC(=O)c2ccc(CN3C(=O)c4ccc(Cl)cc4NC(=O)C3Cc3cccnc3)cc2)c1. The lowest BCUT2D eigenvalue weighted by Gasteiger charge is -2.29. The molecule has 2 aromatic heterocycles. The van der Waals surface area contributed by atoms with Crippen LogP contribution < -0.4 is 10.6 Å². The van der Waals surface area contributed by atoms with Crippen LogP contribution in [-0.4, -0.2) is 38.6 Å². The molecule has 4 aromatic rings. The number of carbonyl (C=O) groups is 3. The fraction of sp³-hybridized carbons (Fsp3) is 0.138. The zero-order chi connectivity index (χ0) is 26.6. The molecular formula is C29H24ClN5O3. The Morgan fingerprint density at radius 1 is 1.03 bits per heavy atom. The summed E-state index contributed by atoms with van der Waals surface area (Å²) in [5.74, 6) is -0.432. The number of hydrogen-bond acceptors (Lipinski definition) is 5. The largest absolute Gasteiger partial charge is 0.323 e. The van der Waals surface area contributed by atoms with Crippen LogP contribution in [0.3, 0.4) is 0 Å². The van der Waals surface area contributed by atoms with Gasteiger partial charge in [0.15, 0.2) is 0 Å². The maximum Gasteiger partial charge on any atom is 0.256 e. The molecule has 0 bridgehead atoms. The summed E-state index contributed by atoms with van der Waals surface area (Å²) in [7, 11) is 0. The number of fused-ring (bicyclic) bond motifs is 1. The first-order valence-corrected chi connectivity index (χ1v) is 12.4. The van der Waals surface area contributed by atoms with Crippen molar-refractivity contribution in [2.75, 3.05) is 10.6 Å². The molecule has 8 nitrogen and oxygen atoms in total. The van der Waals surface area contributed by atoms with E-state index in [1.54, 1.807) is 78.1 Å². The minimum absolute atomic E-state index is 0.167. The fourth-order valence-corrected chi connectivity index (χ4v) is 4.51. The van der Waals surface area contributed by atoms with Gasteiger partial charge in [0.2, 0.25) is 5.91 Å². The van der Waals surface area contributed by atoms with Crippen LogP contribution in [0.15, 0.2) is 85.3 Å². The standard InChI is InChI=1S/C29H24ClN5O3/c1-18-10-12-32-26(13-18)34-27(36)21-6-4-19(5-7-21)17-35-25(14-20-3-2-11-31-16-20)28(37)33-24-15-22(30)8-9-23(24)29(35)38/h2-13,15-16,25H,14,17H2,1H3,(H,33,37)(H,32,34,36). The highest BCUT2D eigenvalue weighted by molar-refractivity contribution is 6.31. The van der Waals surface area contributed by atoms with Gasteiger partial charge in [0.05, 0.1) is 11.3 Å². The minimum atomic E-state index is -0.784. The van der Waals surface area contributed by atoms with Crippen molar-refractivity contribution in [1.82, 2.24) is 14.9 Å². The van der Waals surface area contributed by atoms with Crippen LogP contribution in [-0.2, 0) is 17.8 Å². The van der Waals surface area contributed by atoms with Crippen molar-refractivity contribution in [2.24, 2.45) is 0 Å². The molecule has 1 aliphatic rings. The molecule has 2 aromatic carbocycles. The number of hydrogen-bond donors (Lipinski definition) is 2. The Labute approximate surface area is 224 Å². The molecule has 2 N–H and O–H groups in total. The van der Waals surface area contributed by atoms with Gasteiger partial charge in [-0.15, -0.1) is 0 Å². The number of halogens is 1. The molecule has 9 heteroatoms. The summed E-state index contributed by atoms with van der Waals surface area (Å²) in [4.78, 5) is 49.6. The molecule has 1 atom stereocenters. The zero-order valence-corrected chi connectivity index (χ0v) is 21.3. The van der Waals surface area contributed by atoms with E-state index in [2.05, 4.69) is 20.6 Å². The van der Waals surface area contributed by atoms with E-state index in [4.69, 9.17) is 11.6 Å². The molecule has 0 aliphatic carbocycles. The number of pyridine rings is 2. The van der Waals surface area contributed by atoms with Gasteiger partial charge in [0, 0.05) is 42.1 Å². The van der Waals surface area contributed by atoms with Crippen molar-refractivity contribution < 1.29 is 14.4 Å². The monoisotopic (exact) mass is 525 g/mol. The van der Waals surface area contributed by atoms with Crippen LogP contribution in [0.4, 0.5) is 11.5 Å². The summed E-state index contributed by atoms with van der Waals surface area (Å²) in [5.41, 5.74) is 3.77. The number of anilines is 2. The number of aromatic nitrogens is 2. The Bertz CT molecular complexity index is 1510. The molecule has 3 amide bonds. The van der Waals surface area contributed by atoms with Gasteiger partial charge in [-0.25, -0.2) is 4.98 Å². The molecule has 5 rings (SSSR count). The lowest BCUT2D eigenvalue weighted by atomic mass is 10.0. The van der Waals surface area contributed by atoms with E-state index in [1.165, 1.54) is 0 Å². The Morgan fingerprint density at radius 3 is 2.58 bits per heavy atom. The Kier molecular flexibility index (Phi) is 7.15. The number of amides is 3. The molecule has 3 heterocycles. The maximum absolute atomic E-state index is 13.7. The van der Waals surface area contributed by atoms with Crippen LogP contribution in [0, 0.1) is 6.92 Å². The molecule has 1 aliphatic heterocycles. The van der Waals surface area contributed by atoms with Gasteiger partial charge >= 0.3 is 0 Å². The van der Waals surface area contributed by atoms with Crippen molar-refractivity contribution in [2.45, 2.75) is 25.9 Å². The lowest BCUT2D eigenvalue weighted by Crippen LogP contribution is -2.46. The van der Waals surface area contributed by atoms with Gasteiger partial charge in [-0.05, 0) is 72.1 Å². The molecule has 0 saturated carbocycles. The van der Waals surface area contributed by atoms with E-state index in [0.717, 1.165) is 16.7 Å². The van der Waals surface area contributed by atoms with Crippen molar-refractivity contribution in [3.8, 4) is 0 Å². The van der Waals surface area contributed by atoms with Crippen molar-refractivity contribution in [1.29, 1.82) is 0 Å². The first kappa shape index (κ1) is 25.1. The van der Waals surface area contributed by atoms with Crippen LogP contribution in [0.25, 0.3) is 0 Å². The maximum atomic E-state index is 13.7. The predicted molar refractivity (Wildman–Crippen MR) is 145 cm³/mol. The van der Waals surface area contributed by atoms with Gasteiger partial charge in [0.25, 0.3) is 11.8 Å². The van der Waals surface area contributed by atoms with E-state index < -0.39 is 6.04 Å². The highest BCUT2D eigenvalue weighted by Crippen LogP contribution is 2.29. The van der Waals surface area contributed by atoms with E-state index in [0.29, 0.717) is 27.7 Å². The average molecular weight is 526 g/mol. The van der Waals surface area contributed by atoms with E-state index in [1.807, 2.05) is 19.1 Å². The van der Waals surface area contributed by atoms with E-state index >= 15 is 0 Å². The van der Waals surface area contributed by atoms with Gasteiger partial charge in [-0.2, -0.15) is 0 Å². The third-order valence-electron chi connectivity index (χ3n) is 6.29. The summed E-state index contributed by atoms with van der Waals surface area (Å²) in [5, 5.41) is 6.07. The molecular weight excluding hydrogens is 502 g/mol. The Morgan fingerprint density at radius 2 is 1.84 bits per heavy atom. The summed E-state index contributed by atoms with van der Waals surface area (Å²) < 4.78 is 0. The topological polar surface area (TPSA) is 104 Å². The highest BCUT2D eigenvalue weighted by atomic mass is 35.5. The quantitative estimate of drug-likeness (QED) is 0.373.